The number of oxime groups is 1. The molecule has 1 aromatic carbocycles. The summed E-state index contributed by atoms with van der Waals surface area (Å²) in [6.07, 6.45) is 0.0545. The molecule has 2 aromatic heterocycles. The Morgan fingerprint density at radius 2 is 2.06 bits per heavy atom. The van der Waals surface area contributed by atoms with Crippen molar-refractivity contribution in [3.8, 4) is 5.75 Å². The van der Waals surface area contributed by atoms with Crippen LogP contribution in [0.2, 0.25) is 0 Å². The smallest absolute Gasteiger partial charge is 0.270 e. The Kier molecular flexibility index (Phi) is 6.90. The lowest BCUT2D eigenvalue weighted by Gasteiger charge is -2.16. The van der Waals surface area contributed by atoms with Crippen molar-refractivity contribution in [2.24, 2.45) is 5.16 Å². The van der Waals surface area contributed by atoms with Crippen LogP contribution < -0.4 is 15.6 Å². The summed E-state index contributed by atoms with van der Waals surface area (Å²) >= 11 is 0. The van der Waals surface area contributed by atoms with Crippen molar-refractivity contribution in [2.75, 3.05) is 7.11 Å². The number of aromatic nitrogens is 3. The van der Waals surface area contributed by atoms with Crippen molar-refractivity contribution in [3.05, 3.63) is 86.6 Å². The third-order valence-corrected chi connectivity index (χ3v) is 5.61. The molecule has 0 bridgehead atoms. The molecule has 10 heteroatoms. The fraction of sp³-hybridized carbons (Fsp3) is 0.320. The lowest BCUT2D eigenvalue weighted by atomic mass is 9.96. The van der Waals surface area contributed by atoms with Gasteiger partial charge >= 0.3 is 0 Å². The van der Waals surface area contributed by atoms with Gasteiger partial charge in [0.1, 0.15) is 17.2 Å². The number of amides is 1. The molecule has 0 spiro atoms. The Morgan fingerprint density at radius 3 is 2.80 bits per heavy atom. The first-order chi connectivity index (χ1) is 16.7. The number of aromatic amines is 1. The minimum absolute atomic E-state index is 0.101. The number of benzene rings is 1. The number of nitrogens with zero attached hydrogens (tertiary/aromatic N) is 3. The zero-order valence-corrected chi connectivity index (χ0v) is 19.9. The monoisotopic (exact) mass is 479 g/mol. The number of carbonyl (C=O) groups is 1. The first kappa shape index (κ1) is 24.1. The topological polar surface area (TPSA) is 119 Å². The van der Waals surface area contributed by atoms with Crippen molar-refractivity contribution in [3.63, 3.8) is 0 Å². The van der Waals surface area contributed by atoms with E-state index >= 15 is 0 Å². The molecular formula is C25H26FN5O4. The average Bonchev–Trinajstić information content (AvgIpc) is 3.33. The Labute approximate surface area is 201 Å². The van der Waals surface area contributed by atoms with Gasteiger partial charge < -0.3 is 19.9 Å². The summed E-state index contributed by atoms with van der Waals surface area (Å²) in [5.74, 6) is -0.259. The number of methoxy groups -OCH3 is 1. The van der Waals surface area contributed by atoms with Crippen LogP contribution in [0, 0.1) is 12.7 Å². The van der Waals surface area contributed by atoms with E-state index in [2.05, 4.69) is 25.4 Å². The van der Waals surface area contributed by atoms with Crippen molar-refractivity contribution in [1.29, 1.82) is 0 Å². The SMILES string of the molecule is COc1cc(CNC(=O)c2cc(C3=NOC(c4ccc(=O)[nH]c4C(C)C)C3)nc(C)n2)ccc1F. The number of H-pyrrole nitrogens is 1. The molecule has 0 saturated heterocycles. The minimum atomic E-state index is -0.473. The highest BCUT2D eigenvalue weighted by molar-refractivity contribution is 6.02. The van der Waals surface area contributed by atoms with Gasteiger partial charge in [-0.2, -0.15) is 0 Å². The molecule has 0 saturated carbocycles. The highest BCUT2D eigenvalue weighted by atomic mass is 19.1. The number of hydrogen-bond donors (Lipinski definition) is 2. The number of carbonyl (C=O) groups excluding carboxylic acids is 1. The van der Waals surface area contributed by atoms with Gasteiger partial charge in [-0.25, -0.2) is 14.4 Å². The summed E-state index contributed by atoms with van der Waals surface area (Å²) in [4.78, 5) is 41.8. The number of aryl methyl sites for hydroxylation is 1. The van der Waals surface area contributed by atoms with Gasteiger partial charge in [-0.05, 0) is 42.7 Å². The van der Waals surface area contributed by atoms with Crippen molar-refractivity contribution < 1.29 is 18.8 Å². The second kappa shape index (κ2) is 10.0. The third-order valence-electron chi connectivity index (χ3n) is 5.61. The highest BCUT2D eigenvalue weighted by Crippen LogP contribution is 2.32. The van der Waals surface area contributed by atoms with Crippen LogP contribution in [-0.2, 0) is 11.4 Å². The van der Waals surface area contributed by atoms with Gasteiger partial charge in [0.15, 0.2) is 17.7 Å². The molecule has 3 aromatic rings. The van der Waals surface area contributed by atoms with E-state index in [1.54, 1.807) is 25.1 Å². The zero-order chi connectivity index (χ0) is 25.1. The van der Waals surface area contributed by atoms with E-state index in [9.17, 15) is 14.0 Å². The van der Waals surface area contributed by atoms with E-state index in [0.717, 1.165) is 11.3 Å². The lowest BCUT2D eigenvalue weighted by molar-refractivity contribution is 0.0845. The van der Waals surface area contributed by atoms with Gasteiger partial charge in [-0.15, -0.1) is 0 Å². The van der Waals surface area contributed by atoms with Crippen LogP contribution in [0.15, 0.2) is 46.3 Å². The van der Waals surface area contributed by atoms with Crippen LogP contribution in [0.4, 0.5) is 4.39 Å². The number of hydrogen-bond acceptors (Lipinski definition) is 7. The fourth-order valence-corrected chi connectivity index (χ4v) is 3.87. The van der Waals surface area contributed by atoms with Crippen molar-refractivity contribution in [1.82, 2.24) is 20.3 Å². The quantitative estimate of drug-likeness (QED) is 0.535. The molecule has 1 unspecified atom stereocenters. The molecule has 35 heavy (non-hydrogen) atoms. The molecule has 4 rings (SSSR count). The van der Waals surface area contributed by atoms with E-state index in [1.807, 2.05) is 13.8 Å². The largest absolute Gasteiger partial charge is 0.494 e. The highest BCUT2D eigenvalue weighted by Gasteiger charge is 2.28. The number of halogens is 1. The molecule has 0 radical (unpaired) electrons. The maximum Gasteiger partial charge on any atom is 0.270 e. The Morgan fingerprint density at radius 1 is 1.26 bits per heavy atom. The molecule has 1 aliphatic heterocycles. The van der Waals surface area contributed by atoms with E-state index in [0.29, 0.717) is 29.2 Å². The van der Waals surface area contributed by atoms with Crippen LogP contribution in [0.3, 0.4) is 0 Å². The predicted molar refractivity (Wildman–Crippen MR) is 127 cm³/mol. The summed E-state index contributed by atoms with van der Waals surface area (Å²) in [5, 5.41) is 6.98. The summed E-state index contributed by atoms with van der Waals surface area (Å²) in [5.41, 5.74) is 3.42. The number of pyridine rings is 1. The molecule has 1 amide bonds. The number of rotatable bonds is 7. The molecule has 0 aliphatic carbocycles. The second-order valence-corrected chi connectivity index (χ2v) is 8.52. The van der Waals surface area contributed by atoms with Crippen LogP contribution in [-0.4, -0.2) is 33.7 Å². The number of nitrogens with one attached hydrogen (secondary N) is 2. The maximum atomic E-state index is 13.6. The lowest BCUT2D eigenvalue weighted by Crippen LogP contribution is -2.25. The summed E-state index contributed by atoms with van der Waals surface area (Å²) in [6, 6.07) is 9.17. The van der Waals surface area contributed by atoms with Crippen LogP contribution >= 0.6 is 0 Å². The van der Waals surface area contributed by atoms with E-state index in [4.69, 9.17) is 9.57 Å². The molecule has 2 N–H and O–H groups in total. The molecule has 3 heterocycles. The maximum absolute atomic E-state index is 13.6. The Bertz CT molecular complexity index is 1350. The van der Waals surface area contributed by atoms with Gasteiger partial charge in [-0.1, -0.05) is 25.1 Å². The predicted octanol–water partition coefficient (Wildman–Crippen LogP) is 3.54. The molecular weight excluding hydrogens is 453 g/mol. The minimum Gasteiger partial charge on any atom is -0.494 e. The molecule has 0 fully saturated rings. The van der Waals surface area contributed by atoms with E-state index in [1.165, 1.54) is 25.3 Å². The summed E-state index contributed by atoms with van der Waals surface area (Å²) < 4.78 is 18.6. The molecule has 1 atom stereocenters. The average molecular weight is 480 g/mol. The fourth-order valence-electron chi connectivity index (χ4n) is 3.87. The van der Waals surface area contributed by atoms with Crippen LogP contribution in [0.1, 0.15) is 71.1 Å². The van der Waals surface area contributed by atoms with Crippen molar-refractivity contribution in [2.45, 2.75) is 45.8 Å². The Balaban J connectivity index is 1.49. The second-order valence-electron chi connectivity index (χ2n) is 8.52. The standard InChI is InChI=1S/C25H26FN5O4/c1-13(2)24-16(6-8-23(32)30-24)21-11-19(31-35-21)18-10-20(29-14(3)28-18)25(33)27-12-15-5-7-17(26)22(9-15)34-4/h5-10,13,21H,11-12H2,1-4H3,(H,27,33)(H,30,32). The number of ether oxygens (including phenoxy) is 1. The first-order valence-corrected chi connectivity index (χ1v) is 11.2. The zero-order valence-electron chi connectivity index (χ0n) is 19.9. The first-order valence-electron chi connectivity index (χ1n) is 11.2. The van der Waals surface area contributed by atoms with Gasteiger partial charge in [0.25, 0.3) is 5.91 Å². The van der Waals surface area contributed by atoms with Crippen molar-refractivity contribution >= 4 is 11.6 Å². The molecule has 182 valence electrons. The van der Waals surface area contributed by atoms with Gasteiger partial charge in [0.2, 0.25) is 5.56 Å². The van der Waals surface area contributed by atoms with Gasteiger partial charge in [0, 0.05) is 30.3 Å². The van der Waals surface area contributed by atoms with Crippen LogP contribution in [0.5, 0.6) is 5.75 Å². The summed E-state index contributed by atoms with van der Waals surface area (Å²) in [7, 11) is 1.38. The molecule has 9 nitrogen and oxygen atoms in total. The molecule has 1 aliphatic rings. The van der Waals surface area contributed by atoms with Gasteiger partial charge in [-0.3, -0.25) is 9.59 Å². The van der Waals surface area contributed by atoms with Crippen LogP contribution in [0.25, 0.3) is 0 Å². The normalized spacial score (nSPS) is 15.0. The third kappa shape index (κ3) is 5.37. The Hall–Kier alpha value is -4.08. The van der Waals surface area contributed by atoms with E-state index < -0.39 is 11.7 Å². The van der Waals surface area contributed by atoms with Gasteiger partial charge in [0.05, 0.1) is 12.8 Å². The summed E-state index contributed by atoms with van der Waals surface area (Å²) in [6.45, 7) is 5.85. The van der Waals surface area contributed by atoms with E-state index in [-0.39, 0.29) is 35.6 Å².